The topological polar surface area (TPSA) is 45.0 Å². The standard InChI is InChI=1S/C16H21FN2O/c1-3-8-19-16(11-18)7-6-14(10-16)20-15-5-4-13(17)9-12(15)2/h4-5,9,14,19H,3,6-8,10H2,1-2H3. The number of hydrogen-bond acceptors (Lipinski definition) is 3. The van der Waals surface area contributed by atoms with Gasteiger partial charge in [-0.15, -0.1) is 0 Å². The van der Waals surface area contributed by atoms with Crippen molar-refractivity contribution in [3.05, 3.63) is 29.6 Å². The van der Waals surface area contributed by atoms with E-state index >= 15 is 0 Å². The van der Waals surface area contributed by atoms with Gasteiger partial charge in [-0.1, -0.05) is 6.92 Å². The SMILES string of the molecule is CCCNC1(C#N)CCC(Oc2ccc(F)cc2C)C1. The number of ether oxygens (including phenoxy) is 1. The zero-order valence-electron chi connectivity index (χ0n) is 12.1. The van der Waals surface area contributed by atoms with Gasteiger partial charge in [-0.05, 0) is 56.5 Å². The lowest BCUT2D eigenvalue weighted by atomic mass is 9.99. The molecule has 0 aromatic heterocycles. The van der Waals surface area contributed by atoms with Gasteiger partial charge in [0.05, 0.1) is 6.07 Å². The van der Waals surface area contributed by atoms with Crippen molar-refractivity contribution >= 4 is 0 Å². The molecule has 0 bridgehead atoms. The first-order valence-corrected chi connectivity index (χ1v) is 7.17. The van der Waals surface area contributed by atoms with Crippen LogP contribution in [0.3, 0.4) is 0 Å². The van der Waals surface area contributed by atoms with E-state index in [1.54, 1.807) is 6.07 Å². The molecule has 3 nitrogen and oxygen atoms in total. The van der Waals surface area contributed by atoms with Gasteiger partial charge < -0.3 is 4.74 Å². The van der Waals surface area contributed by atoms with Crippen LogP contribution in [0.1, 0.15) is 38.2 Å². The zero-order chi connectivity index (χ0) is 14.6. The third-order valence-corrected chi connectivity index (χ3v) is 3.83. The molecule has 0 amide bonds. The third kappa shape index (κ3) is 3.29. The Labute approximate surface area is 119 Å². The van der Waals surface area contributed by atoms with Gasteiger partial charge in [-0.2, -0.15) is 5.26 Å². The van der Waals surface area contributed by atoms with E-state index in [2.05, 4.69) is 18.3 Å². The highest BCUT2D eigenvalue weighted by Crippen LogP contribution is 2.33. The van der Waals surface area contributed by atoms with Gasteiger partial charge in [-0.3, -0.25) is 5.32 Å². The molecule has 0 heterocycles. The number of nitriles is 1. The minimum absolute atomic E-state index is 0.0168. The van der Waals surface area contributed by atoms with E-state index in [1.807, 2.05) is 6.92 Å². The molecule has 1 aliphatic carbocycles. The summed E-state index contributed by atoms with van der Waals surface area (Å²) in [6.45, 7) is 4.76. The fraction of sp³-hybridized carbons (Fsp3) is 0.562. The molecule has 1 N–H and O–H groups in total. The van der Waals surface area contributed by atoms with Crippen LogP contribution >= 0.6 is 0 Å². The molecule has 2 unspecified atom stereocenters. The second-order valence-electron chi connectivity index (χ2n) is 5.51. The van der Waals surface area contributed by atoms with Gasteiger partial charge in [0, 0.05) is 6.42 Å². The number of aryl methyl sites for hydroxylation is 1. The molecule has 1 fully saturated rings. The quantitative estimate of drug-likeness (QED) is 0.897. The highest BCUT2D eigenvalue weighted by atomic mass is 19.1. The van der Waals surface area contributed by atoms with Crippen molar-refractivity contribution in [2.24, 2.45) is 0 Å². The van der Waals surface area contributed by atoms with E-state index in [4.69, 9.17) is 4.74 Å². The van der Waals surface area contributed by atoms with Gasteiger partial charge in [0.25, 0.3) is 0 Å². The molecular weight excluding hydrogens is 255 g/mol. The minimum Gasteiger partial charge on any atom is -0.490 e. The number of nitrogens with one attached hydrogen (secondary N) is 1. The van der Waals surface area contributed by atoms with Crippen molar-refractivity contribution in [3.63, 3.8) is 0 Å². The lowest BCUT2D eigenvalue weighted by Crippen LogP contribution is -2.42. The average molecular weight is 276 g/mol. The Bertz CT molecular complexity index is 512. The molecule has 0 radical (unpaired) electrons. The summed E-state index contributed by atoms with van der Waals surface area (Å²) in [5, 5.41) is 12.7. The Morgan fingerprint density at radius 3 is 3.00 bits per heavy atom. The van der Waals surface area contributed by atoms with Crippen molar-refractivity contribution in [3.8, 4) is 11.8 Å². The molecule has 1 aromatic carbocycles. The second-order valence-corrected chi connectivity index (χ2v) is 5.51. The van der Waals surface area contributed by atoms with Crippen molar-refractivity contribution in [1.82, 2.24) is 5.32 Å². The van der Waals surface area contributed by atoms with Crippen molar-refractivity contribution in [1.29, 1.82) is 5.26 Å². The predicted octanol–water partition coefficient (Wildman–Crippen LogP) is 3.33. The summed E-state index contributed by atoms with van der Waals surface area (Å²) in [6.07, 6.45) is 3.35. The Hall–Kier alpha value is -1.60. The molecule has 0 aliphatic heterocycles. The van der Waals surface area contributed by atoms with Crippen LogP contribution in [-0.4, -0.2) is 18.2 Å². The van der Waals surface area contributed by atoms with Crippen LogP contribution in [0.4, 0.5) is 4.39 Å². The van der Waals surface area contributed by atoms with Gasteiger partial charge in [-0.25, -0.2) is 4.39 Å². The minimum atomic E-state index is -0.464. The molecule has 4 heteroatoms. The maximum atomic E-state index is 13.1. The third-order valence-electron chi connectivity index (χ3n) is 3.83. The normalized spacial score (nSPS) is 25.4. The molecule has 1 aromatic rings. The van der Waals surface area contributed by atoms with Gasteiger partial charge in [0.1, 0.15) is 23.2 Å². The maximum absolute atomic E-state index is 13.1. The van der Waals surface area contributed by atoms with Crippen LogP contribution < -0.4 is 10.1 Å². The predicted molar refractivity (Wildman–Crippen MR) is 76.0 cm³/mol. The van der Waals surface area contributed by atoms with E-state index in [9.17, 15) is 9.65 Å². The molecule has 0 spiro atoms. The van der Waals surface area contributed by atoms with Crippen molar-refractivity contribution in [2.45, 2.75) is 51.2 Å². The summed E-state index contributed by atoms with van der Waals surface area (Å²) in [7, 11) is 0. The molecule has 108 valence electrons. The van der Waals surface area contributed by atoms with E-state index in [0.29, 0.717) is 12.2 Å². The number of nitrogens with zero attached hydrogens (tertiary/aromatic N) is 1. The lowest BCUT2D eigenvalue weighted by molar-refractivity contribution is 0.199. The number of benzene rings is 1. The zero-order valence-corrected chi connectivity index (χ0v) is 12.1. The van der Waals surface area contributed by atoms with Gasteiger partial charge in [0.2, 0.25) is 0 Å². The first kappa shape index (κ1) is 14.8. The monoisotopic (exact) mass is 276 g/mol. The van der Waals surface area contributed by atoms with Gasteiger partial charge in [0.15, 0.2) is 0 Å². The first-order valence-electron chi connectivity index (χ1n) is 7.17. The Morgan fingerprint density at radius 1 is 1.55 bits per heavy atom. The smallest absolute Gasteiger partial charge is 0.123 e. The van der Waals surface area contributed by atoms with E-state index in [-0.39, 0.29) is 11.9 Å². The van der Waals surface area contributed by atoms with Crippen LogP contribution in [0.5, 0.6) is 5.75 Å². The summed E-state index contributed by atoms with van der Waals surface area (Å²) in [6, 6.07) is 6.94. The molecule has 1 saturated carbocycles. The maximum Gasteiger partial charge on any atom is 0.123 e. The summed E-state index contributed by atoms with van der Waals surface area (Å²) in [4.78, 5) is 0. The summed E-state index contributed by atoms with van der Waals surface area (Å²) in [5.41, 5.74) is 0.329. The van der Waals surface area contributed by atoms with E-state index in [0.717, 1.165) is 31.4 Å². The van der Waals surface area contributed by atoms with E-state index in [1.165, 1.54) is 12.1 Å². The first-order chi connectivity index (χ1) is 9.58. The largest absolute Gasteiger partial charge is 0.490 e. The van der Waals surface area contributed by atoms with Crippen molar-refractivity contribution < 1.29 is 9.13 Å². The highest BCUT2D eigenvalue weighted by Gasteiger charge is 2.40. The average Bonchev–Trinajstić information content (AvgIpc) is 2.84. The fourth-order valence-electron chi connectivity index (χ4n) is 2.69. The Kier molecular flexibility index (Phi) is 4.61. The Balaban J connectivity index is 2.00. The number of rotatable bonds is 5. The Morgan fingerprint density at radius 2 is 2.35 bits per heavy atom. The molecule has 2 atom stereocenters. The molecule has 1 aliphatic rings. The number of halogens is 1. The fourth-order valence-corrected chi connectivity index (χ4v) is 2.69. The van der Waals surface area contributed by atoms with Gasteiger partial charge >= 0.3 is 0 Å². The van der Waals surface area contributed by atoms with Crippen LogP contribution in [0.15, 0.2) is 18.2 Å². The molecular formula is C16H21FN2O. The second kappa shape index (κ2) is 6.23. The van der Waals surface area contributed by atoms with Crippen LogP contribution in [0, 0.1) is 24.1 Å². The highest BCUT2D eigenvalue weighted by molar-refractivity contribution is 5.33. The van der Waals surface area contributed by atoms with E-state index < -0.39 is 5.54 Å². The van der Waals surface area contributed by atoms with Crippen LogP contribution in [0.25, 0.3) is 0 Å². The summed E-state index contributed by atoms with van der Waals surface area (Å²) in [5.74, 6) is 0.456. The summed E-state index contributed by atoms with van der Waals surface area (Å²) >= 11 is 0. The summed E-state index contributed by atoms with van der Waals surface area (Å²) < 4.78 is 19.0. The number of hydrogen-bond donors (Lipinski definition) is 1. The van der Waals surface area contributed by atoms with Crippen molar-refractivity contribution in [2.75, 3.05) is 6.54 Å². The van der Waals surface area contributed by atoms with Crippen LogP contribution in [0.2, 0.25) is 0 Å². The molecule has 20 heavy (non-hydrogen) atoms. The molecule has 2 rings (SSSR count). The van der Waals surface area contributed by atoms with Crippen LogP contribution in [-0.2, 0) is 0 Å². The molecule has 0 saturated heterocycles. The lowest BCUT2D eigenvalue weighted by Gasteiger charge is -2.23.